The molecule has 0 heteroatoms. The van der Waals surface area contributed by atoms with E-state index in [-0.39, 0.29) is 0 Å². The van der Waals surface area contributed by atoms with Gasteiger partial charge in [0.1, 0.15) is 0 Å². The van der Waals surface area contributed by atoms with E-state index in [9.17, 15) is 0 Å². The monoisotopic (exact) mass is 138 g/mol. The molecule has 2 fully saturated rings. The molecule has 0 heterocycles. The van der Waals surface area contributed by atoms with Crippen molar-refractivity contribution in [1.82, 2.24) is 0 Å². The second kappa shape index (κ2) is 2.25. The molecule has 2 saturated carbocycles. The Hall–Kier alpha value is 0. The van der Waals surface area contributed by atoms with E-state index in [0.717, 1.165) is 11.3 Å². The molecular formula is C10H18. The lowest BCUT2D eigenvalue weighted by atomic mass is 9.89. The van der Waals surface area contributed by atoms with E-state index >= 15 is 0 Å². The van der Waals surface area contributed by atoms with Crippen LogP contribution in [0.5, 0.6) is 0 Å². The van der Waals surface area contributed by atoms with Gasteiger partial charge in [-0.3, -0.25) is 0 Å². The normalized spacial score (nSPS) is 35.1. The summed E-state index contributed by atoms with van der Waals surface area (Å²) in [6.07, 6.45) is 10.7. The molecule has 0 aromatic heterocycles. The van der Waals surface area contributed by atoms with Gasteiger partial charge in [0.05, 0.1) is 0 Å². The minimum absolute atomic E-state index is 0.913. The molecule has 0 aliphatic heterocycles. The van der Waals surface area contributed by atoms with E-state index in [1.807, 2.05) is 0 Å². The highest BCUT2D eigenvalue weighted by Gasteiger charge is 2.50. The summed E-state index contributed by atoms with van der Waals surface area (Å²) in [4.78, 5) is 0. The molecule has 1 spiro atoms. The molecule has 0 unspecified atom stereocenters. The Balaban J connectivity index is 1.94. The van der Waals surface area contributed by atoms with Crippen LogP contribution in [0.4, 0.5) is 0 Å². The highest BCUT2D eigenvalue weighted by molar-refractivity contribution is 5.01. The standard InChI is InChI=1S/C10H18/c1-2-4-9-5-3-6-10(9)7-8-10/h9H,2-8H2,1H3/t9-/m1/s1. The molecule has 0 aromatic rings. The van der Waals surface area contributed by atoms with E-state index < -0.39 is 0 Å². The molecule has 2 aliphatic rings. The van der Waals surface area contributed by atoms with Gasteiger partial charge in [-0.1, -0.05) is 26.2 Å². The van der Waals surface area contributed by atoms with Gasteiger partial charge >= 0.3 is 0 Å². The van der Waals surface area contributed by atoms with Crippen LogP contribution in [0.1, 0.15) is 51.9 Å². The van der Waals surface area contributed by atoms with Crippen LogP contribution < -0.4 is 0 Å². The molecule has 1 atom stereocenters. The molecular weight excluding hydrogens is 120 g/mol. The third-order valence-corrected chi connectivity index (χ3v) is 3.62. The molecule has 2 rings (SSSR count). The molecule has 58 valence electrons. The van der Waals surface area contributed by atoms with E-state index in [1.165, 1.54) is 19.3 Å². The van der Waals surface area contributed by atoms with E-state index in [4.69, 9.17) is 0 Å². The van der Waals surface area contributed by atoms with Crippen LogP contribution in [-0.4, -0.2) is 0 Å². The maximum Gasteiger partial charge on any atom is -0.0269 e. The third kappa shape index (κ3) is 0.889. The highest BCUT2D eigenvalue weighted by atomic mass is 14.6. The lowest BCUT2D eigenvalue weighted by Crippen LogP contribution is -2.07. The Kier molecular flexibility index (Phi) is 1.51. The van der Waals surface area contributed by atoms with Crippen molar-refractivity contribution in [3.8, 4) is 0 Å². The molecule has 0 bridgehead atoms. The lowest BCUT2D eigenvalue weighted by molar-refractivity contribution is 0.339. The predicted molar refractivity (Wildman–Crippen MR) is 43.9 cm³/mol. The minimum Gasteiger partial charge on any atom is -0.0654 e. The quantitative estimate of drug-likeness (QED) is 0.549. The van der Waals surface area contributed by atoms with Crippen LogP contribution >= 0.6 is 0 Å². The SMILES string of the molecule is CCC[C@@H]1CCCC12CC2. The van der Waals surface area contributed by atoms with Crippen molar-refractivity contribution >= 4 is 0 Å². The average Bonchev–Trinajstić information content (AvgIpc) is 2.57. The van der Waals surface area contributed by atoms with Crippen LogP contribution in [0, 0.1) is 11.3 Å². The summed E-state index contributed by atoms with van der Waals surface area (Å²) < 4.78 is 0. The van der Waals surface area contributed by atoms with Crippen LogP contribution in [-0.2, 0) is 0 Å². The molecule has 2 aliphatic carbocycles. The van der Waals surface area contributed by atoms with Gasteiger partial charge in [0.25, 0.3) is 0 Å². The fourth-order valence-electron chi connectivity index (χ4n) is 2.83. The molecule has 0 N–H and O–H groups in total. The summed E-state index contributed by atoms with van der Waals surface area (Å²) >= 11 is 0. The van der Waals surface area contributed by atoms with Crippen LogP contribution in [0.15, 0.2) is 0 Å². The van der Waals surface area contributed by atoms with Gasteiger partial charge in [0, 0.05) is 0 Å². The van der Waals surface area contributed by atoms with Crippen molar-refractivity contribution < 1.29 is 0 Å². The van der Waals surface area contributed by atoms with Gasteiger partial charge < -0.3 is 0 Å². The zero-order chi connectivity index (χ0) is 7.03. The minimum atomic E-state index is 0.913. The molecule has 0 aromatic carbocycles. The molecule has 0 amide bonds. The summed E-state index contributed by atoms with van der Waals surface area (Å²) in [5.74, 6) is 1.14. The Morgan fingerprint density at radius 2 is 2.10 bits per heavy atom. The highest BCUT2D eigenvalue weighted by Crippen LogP contribution is 2.62. The van der Waals surface area contributed by atoms with Crippen molar-refractivity contribution in [2.45, 2.75) is 51.9 Å². The van der Waals surface area contributed by atoms with E-state index in [2.05, 4.69) is 6.92 Å². The Morgan fingerprint density at radius 1 is 1.30 bits per heavy atom. The first kappa shape index (κ1) is 6.69. The van der Waals surface area contributed by atoms with Crippen molar-refractivity contribution in [2.75, 3.05) is 0 Å². The zero-order valence-electron chi connectivity index (χ0n) is 7.03. The van der Waals surface area contributed by atoms with Gasteiger partial charge in [-0.05, 0) is 37.0 Å². The number of rotatable bonds is 2. The predicted octanol–water partition coefficient (Wildman–Crippen LogP) is 3.37. The van der Waals surface area contributed by atoms with Crippen LogP contribution in [0.3, 0.4) is 0 Å². The van der Waals surface area contributed by atoms with Gasteiger partial charge in [0.15, 0.2) is 0 Å². The summed E-state index contributed by atoms with van der Waals surface area (Å²) in [6, 6.07) is 0. The van der Waals surface area contributed by atoms with Crippen LogP contribution in [0.25, 0.3) is 0 Å². The topological polar surface area (TPSA) is 0 Å². The first-order chi connectivity index (χ1) is 4.87. The Labute approximate surface area is 64.0 Å². The van der Waals surface area contributed by atoms with Crippen molar-refractivity contribution in [3.63, 3.8) is 0 Å². The maximum absolute atomic E-state index is 2.33. The van der Waals surface area contributed by atoms with Gasteiger partial charge in [-0.25, -0.2) is 0 Å². The molecule has 0 radical (unpaired) electrons. The van der Waals surface area contributed by atoms with Gasteiger partial charge in [-0.2, -0.15) is 0 Å². The summed E-state index contributed by atoms with van der Waals surface area (Å²) in [5.41, 5.74) is 0.913. The first-order valence-corrected chi connectivity index (χ1v) is 4.87. The Bertz CT molecular complexity index is 122. The van der Waals surface area contributed by atoms with Gasteiger partial charge in [0.2, 0.25) is 0 Å². The fourth-order valence-corrected chi connectivity index (χ4v) is 2.83. The number of hydrogen-bond donors (Lipinski definition) is 0. The molecule has 10 heavy (non-hydrogen) atoms. The number of hydrogen-bond acceptors (Lipinski definition) is 0. The maximum atomic E-state index is 2.33. The average molecular weight is 138 g/mol. The molecule has 0 saturated heterocycles. The largest absolute Gasteiger partial charge is 0.0654 e. The first-order valence-electron chi connectivity index (χ1n) is 4.87. The van der Waals surface area contributed by atoms with E-state index in [1.54, 1.807) is 25.7 Å². The summed E-state index contributed by atoms with van der Waals surface area (Å²) in [7, 11) is 0. The van der Waals surface area contributed by atoms with Crippen molar-refractivity contribution in [2.24, 2.45) is 11.3 Å². The summed E-state index contributed by atoms with van der Waals surface area (Å²) in [5, 5.41) is 0. The van der Waals surface area contributed by atoms with Crippen molar-refractivity contribution in [3.05, 3.63) is 0 Å². The van der Waals surface area contributed by atoms with Crippen LogP contribution in [0.2, 0.25) is 0 Å². The second-order valence-corrected chi connectivity index (χ2v) is 4.24. The smallest absolute Gasteiger partial charge is 0.0269 e. The third-order valence-electron chi connectivity index (χ3n) is 3.62. The van der Waals surface area contributed by atoms with Gasteiger partial charge in [-0.15, -0.1) is 0 Å². The second-order valence-electron chi connectivity index (χ2n) is 4.24. The fraction of sp³-hybridized carbons (Fsp3) is 1.00. The lowest BCUT2D eigenvalue weighted by Gasteiger charge is -2.16. The Morgan fingerprint density at radius 3 is 2.70 bits per heavy atom. The summed E-state index contributed by atoms with van der Waals surface area (Å²) in [6.45, 7) is 2.33. The van der Waals surface area contributed by atoms with E-state index in [0.29, 0.717) is 0 Å². The molecule has 0 nitrogen and oxygen atoms in total. The zero-order valence-corrected chi connectivity index (χ0v) is 7.03. The van der Waals surface area contributed by atoms with Crippen molar-refractivity contribution in [1.29, 1.82) is 0 Å².